The Morgan fingerprint density at radius 1 is 1.12 bits per heavy atom. The molecule has 2 aromatic heterocycles. The molecule has 8 nitrogen and oxygen atoms in total. The van der Waals surface area contributed by atoms with Crippen LogP contribution in [0.3, 0.4) is 0 Å². The second-order valence-electron chi connectivity index (χ2n) is 6.86. The molecule has 0 bridgehead atoms. The van der Waals surface area contributed by atoms with Crippen LogP contribution in [-0.4, -0.2) is 25.7 Å². The molecule has 0 spiro atoms. The smallest absolute Gasteiger partial charge is 0.388 e. The van der Waals surface area contributed by atoms with Crippen molar-refractivity contribution < 1.29 is 18.0 Å². The minimum absolute atomic E-state index is 0.0305. The lowest BCUT2D eigenvalue weighted by molar-refractivity contribution is 0.101. The summed E-state index contributed by atoms with van der Waals surface area (Å²) in [6.07, 6.45) is 2.70. The Bertz CT molecular complexity index is 1340. The average molecular weight is 437 g/mol. The van der Waals surface area contributed by atoms with Gasteiger partial charge in [-0.3, -0.25) is 9.78 Å². The van der Waals surface area contributed by atoms with Gasteiger partial charge in [0.15, 0.2) is 5.82 Å². The fourth-order valence-electron chi connectivity index (χ4n) is 3.08. The molecule has 0 aliphatic carbocycles. The molecule has 32 heavy (non-hydrogen) atoms. The Labute approximate surface area is 180 Å². The summed E-state index contributed by atoms with van der Waals surface area (Å²) in [6, 6.07) is 8.52. The lowest BCUT2D eigenvalue weighted by Crippen LogP contribution is -2.16. The molecule has 0 radical (unpaired) electrons. The number of hydrogen-bond donors (Lipinski definition) is 1. The predicted octanol–water partition coefficient (Wildman–Crippen LogP) is 3.82. The van der Waals surface area contributed by atoms with Crippen molar-refractivity contribution in [2.24, 2.45) is 0 Å². The molecule has 162 valence electrons. The molecule has 1 amide bonds. The quantitative estimate of drug-likeness (QED) is 0.509. The molecule has 0 unspecified atom stereocenters. The Balaban J connectivity index is 1.60. The van der Waals surface area contributed by atoms with Crippen LogP contribution in [0.15, 0.2) is 58.0 Å². The third-order valence-corrected chi connectivity index (χ3v) is 4.75. The lowest BCUT2D eigenvalue weighted by Gasteiger charge is -2.09. The fraction of sp³-hybridized carbons (Fsp3) is 0.136. The molecule has 0 saturated heterocycles. The maximum atomic E-state index is 13.8. The maximum Gasteiger partial charge on any atom is 0.437 e. The number of hydrogen-bond acceptors (Lipinski definition) is 6. The summed E-state index contributed by atoms with van der Waals surface area (Å²) < 4.78 is 34.0. The zero-order chi connectivity index (χ0) is 22.8. The Hall–Kier alpha value is -4.21. The van der Waals surface area contributed by atoms with E-state index in [1.54, 1.807) is 19.1 Å². The van der Waals surface area contributed by atoms with Crippen LogP contribution >= 0.6 is 0 Å². The van der Waals surface area contributed by atoms with Crippen LogP contribution < -0.4 is 11.1 Å². The first-order valence-electron chi connectivity index (χ1n) is 9.64. The van der Waals surface area contributed by atoms with E-state index >= 15 is 0 Å². The van der Waals surface area contributed by atoms with Gasteiger partial charge in [-0.05, 0) is 43.7 Å². The number of benzene rings is 2. The highest BCUT2D eigenvalue weighted by atomic mass is 19.1. The van der Waals surface area contributed by atoms with Crippen molar-refractivity contribution in [1.29, 1.82) is 0 Å². The van der Waals surface area contributed by atoms with E-state index in [1.165, 1.54) is 23.1 Å². The molecule has 4 aromatic rings. The molecule has 0 atom stereocenters. The van der Waals surface area contributed by atoms with Crippen LogP contribution in [0.2, 0.25) is 0 Å². The van der Waals surface area contributed by atoms with Gasteiger partial charge in [0.05, 0.1) is 18.1 Å². The number of anilines is 1. The van der Waals surface area contributed by atoms with Gasteiger partial charge < -0.3 is 9.73 Å². The van der Waals surface area contributed by atoms with E-state index in [0.717, 1.165) is 17.7 Å². The molecule has 0 saturated carbocycles. The van der Waals surface area contributed by atoms with E-state index in [-0.39, 0.29) is 11.7 Å². The fourth-order valence-corrected chi connectivity index (χ4v) is 3.08. The molecule has 4 rings (SSSR count). The summed E-state index contributed by atoms with van der Waals surface area (Å²) in [7, 11) is 0. The summed E-state index contributed by atoms with van der Waals surface area (Å²) in [5.41, 5.74) is 1.96. The number of rotatable bonds is 5. The van der Waals surface area contributed by atoms with Gasteiger partial charge in [-0.25, -0.2) is 18.6 Å². The summed E-state index contributed by atoms with van der Waals surface area (Å²) in [4.78, 5) is 32.4. The highest BCUT2D eigenvalue weighted by Gasteiger charge is 2.18. The van der Waals surface area contributed by atoms with Gasteiger partial charge in [-0.15, -0.1) is 5.10 Å². The Kier molecular flexibility index (Phi) is 5.59. The predicted molar refractivity (Wildman–Crippen MR) is 112 cm³/mol. The zero-order valence-electron chi connectivity index (χ0n) is 17.1. The minimum atomic E-state index is -0.975. The van der Waals surface area contributed by atoms with E-state index in [9.17, 15) is 18.4 Å². The van der Waals surface area contributed by atoms with Crippen molar-refractivity contribution in [3.8, 4) is 22.7 Å². The van der Waals surface area contributed by atoms with Crippen molar-refractivity contribution in [1.82, 2.24) is 19.7 Å². The summed E-state index contributed by atoms with van der Waals surface area (Å²) >= 11 is 0. The number of halogens is 2. The minimum Gasteiger partial charge on any atom is -0.388 e. The van der Waals surface area contributed by atoms with E-state index in [4.69, 9.17) is 4.42 Å². The van der Waals surface area contributed by atoms with Gasteiger partial charge in [0.1, 0.15) is 17.2 Å². The van der Waals surface area contributed by atoms with Gasteiger partial charge in [0.25, 0.3) is 5.91 Å². The van der Waals surface area contributed by atoms with E-state index in [2.05, 4.69) is 20.4 Å². The number of carbonyl (C=O) groups is 1. The molecule has 2 heterocycles. The molecule has 2 aromatic carbocycles. The number of nitrogens with one attached hydrogen (secondary N) is 1. The summed E-state index contributed by atoms with van der Waals surface area (Å²) in [5, 5.41) is 6.48. The third-order valence-electron chi connectivity index (χ3n) is 4.75. The van der Waals surface area contributed by atoms with Gasteiger partial charge in [0.2, 0.25) is 5.89 Å². The summed E-state index contributed by atoms with van der Waals surface area (Å²) in [6.45, 7) is 4.04. The maximum absolute atomic E-state index is 13.8. The van der Waals surface area contributed by atoms with Crippen molar-refractivity contribution in [2.75, 3.05) is 5.32 Å². The third kappa shape index (κ3) is 4.02. The van der Waals surface area contributed by atoms with Crippen LogP contribution in [0.5, 0.6) is 0 Å². The van der Waals surface area contributed by atoms with Crippen molar-refractivity contribution in [2.45, 2.75) is 20.4 Å². The molecule has 1 N–H and O–H groups in total. The topological polar surface area (TPSA) is 103 Å². The second kappa shape index (κ2) is 8.50. The average Bonchev–Trinajstić information content (AvgIpc) is 3.15. The number of nitrogens with zero attached hydrogens (tertiary/aromatic N) is 4. The molecular weight excluding hydrogens is 420 g/mol. The number of amides is 1. The summed E-state index contributed by atoms with van der Waals surface area (Å²) in [5.74, 6) is -3.25. The zero-order valence-corrected chi connectivity index (χ0v) is 17.1. The number of aromatic nitrogens is 4. The molecule has 0 fully saturated rings. The lowest BCUT2D eigenvalue weighted by atomic mass is 10.0. The molecule has 0 aliphatic rings. The normalized spacial score (nSPS) is 10.9. The standard InChI is InChI=1S/C22H17F2N5O3/c1-3-29-22(31)32-21(28-29)13-8-7-12(2)14(9-13)17-10-26-18(11-25-17)27-20(30)19-15(23)5-4-6-16(19)24/h4-11H,3H2,1-2H3,(H,26,27,30). The molecular formula is C22H17F2N5O3. The van der Waals surface area contributed by atoms with Gasteiger partial charge in [-0.2, -0.15) is 4.68 Å². The molecule has 0 aliphatic heterocycles. The van der Waals surface area contributed by atoms with E-state index < -0.39 is 28.9 Å². The molecule has 10 heteroatoms. The van der Waals surface area contributed by atoms with Gasteiger partial charge >= 0.3 is 5.76 Å². The van der Waals surface area contributed by atoms with E-state index in [1.807, 2.05) is 13.0 Å². The van der Waals surface area contributed by atoms with E-state index in [0.29, 0.717) is 23.4 Å². The Morgan fingerprint density at radius 2 is 1.88 bits per heavy atom. The van der Waals surface area contributed by atoms with Crippen LogP contribution in [0, 0.1) is 18.6 Å². The largest absolute Gasteiger partial charge is 0.437 e. The highest BCUT2D eigenvalue weighted by Crippen LogP contribution is 2.27. The monoisotopic (exact) mass is 437 g/mol. The van der Waals surface area contributed by atoms with Crippen molar-refractivity contribution >= 4 is 11.7 Å². The van der Waals surface area contributed by atoms with Gasteiger partial charge in [-0.1, -0.05) is 12.1 Å². The van der Waals surface area contributed by atoms with Gasteiger partial charge in [0, 0.05) is 17.7 Å². The first kappa shape index (κ1) is 21.0. The van der Waals surface area contributed by atoms with Crippen LogP contribution in [0.25, 0.3) is 22.7 Å². The number of aryl methyl sites for hydroxylation is 2. The van der Waals surface area contributed by atoms with Crippen LogP contribution in [0.1, 0.15) is 22.8 Å². The first-order chi connectivity index (χ1) is 15.4. The highest BCUT2D eigenvalue weighted by molar-refractivity contribution is 6.04. The second-order valence-corrected chi connectivity index (χ2v) is 6.86. The number of carbonyl (C=O) groups excluding carboxylic acids is 1. The van der Waals surface area contributed by atoms with Crippen LogP contribution in [0.4, 0.5) is 14.6 Å². The Morgan fingerprint density at radius 3 is 2.50 bits per heavy atom. The first-order valence-corrected chi connectivity index (χ1v) is 9.64. The van der Waals surface area contributed by atoms with Crippen LogP contribution in [-0.2, 0) is 6.54 Å². The van der Waals surface area contributed by atoms with Crippen molar-refractivity contribution in [3.05, 3.63) is 82.1 Å². The SMILES string of the molecule is CCn1nc(-c2ccc(C)c(-c3cnc(NC(=O)c4c(F)cccc4F)cn3)c2)oc1=O. The van der Waals surface area contributed by atoms with Crippen molar-refractivity contribution in [3.63, 3.8) is 0 Å².